The minimum atomic E-state index is -0.806. The van der Waals surface area contributed by atoms with Crippen LogP contribution in [0.1, 0.15) is 313 Å². The standard InChI is InChI=1S/C18H20N2O3.C17H19N3O3.2C17H18N2O4.2C17H18N2O3/c1-10(2)8-12-5-6-13-14(9-12)18(23)20(17(13)22)15-7-4-11(3)19-16(15)21;1-9(2)18-12-6-4-5-11-14(12)17(23)20(16(11)22)13-8-7-10(3)19-15(13)21;1-9(2)23-11-5-6-12-13(8-11)17(22)19(16(12)21)14-7-4-10(3)18-15(14)20;1-9(2)23-13-6-4-5-11-14(13)17(22)19(16(11)21)12-8-7-10(3)18-15(12)20;1-9(2)11-5-6-12-13(8-11)17(22)19(16(12)21)14-7-4-10(3)18-15(14)20;1-9(2)11-5-4-6-12-14(11)17(22)19(16(12)21)13-8-7-10(3)18-15(13)20/h5-6,9-10,15H,3-4,7-8H2,1-2H3,(H,19,21);4-6,9,13,18H,3,7-8H2,1-2H3,(H,19,21);5-6,8-9,14H,3-4,7H2,1-2H3,(H,18,20);4-6,9,12H,3,7-8H2,1-2H3,(H,18,20);5-6,8-9,14H,3-4,7H2,1-2H3,(H,18,20);4-6,9,13H,3,7-8H2,1-2H3,(H,18,20). The van der Waals surface area contributed by atoms with Crippen molar-refractivity contribution in [3.63, 3.8) is 0 Å². The van der Waals surface area contributed by atoms with E-state index < -0.39 is 71.7 Å². The van der Waals surface area contributed by atoms with Gasteiger partial charge in [-0.05, 0) is 232 Å². The number of amides is 18. The fourth-order valence-corrected chi connectivity index (χ4v) is 18.0. The number of rotatable bonds is 16. The van der Waals surface area contributed by atoms with Crippen LogP contribution in [0.5, 0.6) is 11.5 Å². The first-order valence-electron chi connectivity index (χ1n) is 45.5. The van der Waals surface area contributed by atoms with Crippen LogP contribution < -0.4 is 46.7 Å². The normalized spacial score (nSPS) is 21.0. The van der Waals surface area contributed by atoms with Crippen LogP contribution in [-0.4, -0.2) is 190 Å². The largest absolute Gasteiger partial charge is 0.491 e. The topological polar surface area (TPSA) is 429 Å². The molecular weight excluding hydrogens is 1740 g/mol. The highest BCUT2D eigenvalue weighted by Crippen LogP contribution is 2.41. The van der Waals surface area contributed by atoms with E-state index in [0.29, 0.717) is 184 Å². The molecule has 708 valence electrons. The third kappa shape index (κ3) is 19.9. The van der Waals surface area contributed by atoms with Gasteiger partial charge in [-0.15, -0.1) is 0 Å². The van der Waals surface area contributed by atoms with Crippen LogP contribution in [0.15, 0.2) is 183 Å². The van der Waals surface area contributed by atoms with Gasteiger partial charge < -0.3 is 46.7 Å². The second kappa shape index (κ2) is 40.3. The minimum Gasteiger partial charge on any atom is -0.491 e. The molecule has 6 saturated heterocycles. The lowest BCUT2D eigenvalue weighted by Gasteiger charge is -2.29. The van der Waals surface area contributed by atoms with Gasteiger partial charge in [0.05, 0.1) is 79.0 Å². The smallest absolute Gasteiger partial charge is 0.266 e. The molecule has 12 heterocycles. The lowest BCUT2D eigenvalue weighted by atomic mass is 9.94. The molecule has 6 atom stereocenters. The van der Waals surface area contributed by atoms with Crippen molar-refractivity contribution in [2.45, 2.75) is 233 Å². The Morgan fingerprint density at radius 3 is 0.978 bits per heavy atom. The SMILES string of the molecule is C=C1CCC(N2C(=O)c3ccc(C(C)C)cc3C2=O)C(=O)N1.C=C1CCC(N2C(=O)c3ccc(CC(C)C)cc3C2=O)C(=O)N1.C=C1CCC(N2C(=O)c3ccc(OC(C)C)cc3C2=O)C(=O)N1.C=C1CCC(N2C(=O)c3cccc(C(C)C)c3C2=O)C(=O)N1.C=C1CCC(N2C(=O)c3cccc(NC(C)C)c3C2=O)C(=O)N1.C=C1CCC(N2C(=O)c3cccc(OC(C)C)c3C2=O)C(=O)N1. The van der Waals surface area contributed by atoms with Crippen LogP contribution in [0.4, 0.5) is 5.69 Å². The molecule has 12 aliphatic heterocycles. The Bertz CT molecular complexity index is 5940. The van der Waals surface area contributed by atoms with Gasteiger partial charge in [0.2, 0.25) is 35.4 Å². The number of carbonyl (C=O) groups is 18. The van der Waals surface area contributed by atoms with E-state index in [4.69, 9.17) is 9.47 Å². The average molecular weight is 1850 g/mol. The van der Waals surface area contributed by atoms with Crippen molar-refractivity contribution in [2.24, 2.45) is 5.92 Å². The molecule has 0 radical (unpaired) electrons. The molecule has 33 nitrogen and oxygen atoms in total. The summed E-state index contributed by atoms with van der Waals surface area (Å²) < 4.78 is 11.2. The molecule has 0 spiro atoms. The van der Waals surface area contributed by atoms with Crippen molar-refractivity contribution >= 4 is 112 Å². The summed E-state index contributed by atoms with van der Waals surface area (Å²) in [6.45, 7) is 45.9. The number of ether oxygens (including phenoxy) is 2. The van der Waals surface area contributed by atoms with Gasteiger partial charge in [0.1, 0.15) is 47.8 Å². The number of benzene rings is 6. The highest BCUT2D eigenvalue weighted by atomic mass is 16.5. The lowest BCUT2D eigenvalue weighted by molar-refractivity contribution is -0.126. The van der Waals surface area contributed by atoms with Crippen LogP contribution in [0.3, 0.4) is 0 Å². The van der Waals surface area contributed by atoms with Crippen molar-refractivity contribution in [1.82, 2.24) is 61.3 Å². The molecule has 0 aliphatic carbocycles. The van der Waals surface area contributed by atoms with Gasteiger partial charge in [-0.3, -0.25) is 116 Å². The number of imide groups is 6. The monoisotopic (exact) mass is 1850 g/mol. The molecule has 12 aliphatic rings. The first kappa shape index (κ1) is 98.3. The highest BCUT2D eigenvalue weighted by molar-refractivity contribution is 6.28. The van der Waals surface area contributed by atoms with Gasteiger partial charge in [-0.25, -0.2) is 0 Å². The Morgan fingerprint density at radius 1 is 0.309 bits per heavy atom. The van der Waals surface area contributed by atoms with Gasteiger partial charge in [0.15, 0.2) is 0 Å². The zero-order valence-electron chi connectivity index (χ0n) is 78.1. The van der Waals surface area contributed by atoms with E-state index in [2.05, 4.69) is 90.5 Å². The summed E-state index contributed by atoms with van der Waals surface area (Å²) in [5.41, 5.74) is 11.4. The van der Waals surface area contributed by atoms with Crippen molar-refractivity contribution in [3.05, 3.63) is 266 Å². The number of allylic oxidation sites excluding steroid dienone is 6. The van der Waals surface area contributed by atoms with E-state index >= 15 is 0 Å². The van der Waals surface area contributed by atoms with Crippen molar-refractivity contribution in [3.8, 4) is 11.5 Å². The van der Waals surface area contributed by atoms with Crippen LogP contribution in [0.2, 0.25) is 0 Å². The fraction of sp³-hybridized carbons (Fsp3) is 0.359. The number of piperidine rings is 6. The maximum Gasteiger partial charge on any atom is 0.266 e. The molecule has 6 fully saturated rings. The van der Waals surface area contributed by atoms with E-state index in [1.54, 1.807) is 91.0 Å². The number of nitrogens with zero attached hydrogens (tertiary/aromatic N) is 6. The van der Waals surface area contributed by atoms with Crippen LogP contribution in [0.25, 0.3) is 0 Å². The first-order valence-corrected chi connectivity index (χ1v) is 45.5. The van der Waals surface area contributed by atoms with E-state index in [1.165, 1.54) is 0 Å². The summed E-state index contributed by atoms with van der Waals surface area (Å²) in [5.74, 6) is -5.24. The number of anilines is 1. The van der Waals surface area contributed by atoms with Gasteiger partial charge in [0, 0.05) is 45.9 Å². The van der Waals surface area contributed by atoms with E-state index in [0.717, 1.165) is 52.5 Å². The van der Waals surface area contributed by atoms with Gasteiger partial charge in [0.25, 0.3) is 70.9 Å². The molecule has 6 unspecified atom stereocenters. The van der Waals surface area contributed by atoms with Crippen LogP contribution in [-0.2, 0) is 35.2 Å². The van der Waals surface area contributed by atoms with E-state index in [9.17, 15) is 86.3 Å². The molecule has 6 aromatic rings. The number of hydrogen-bond acceptors (Lipinski definition) is 21. The fourth-order valence-electron chi connectivity index (χ4n) is 18.0. The van der Waals surface area contributed by atoms with Crippen LogP contribution in [0, 0.1) is 5.92 Å². The number of nitrogens with one attached hydrogen (secondary N) is 7. The molecular formula is C103H111N13O20. The second-order valence-electron chi connectivity index (χ2n) is 36.9. The second-order valence-corrected chi connectivity index (χ2v) is 36.9. The summed E-state index contributed by atoms with van der Waals surface area (Å²) in [4.78, 5) is 231. The van der Waals surface area contributed by atoms with Crippen molar-refractivity contribution in [2.75, 3.05) is 5.32 Å². The van der Waals surface area contributed by atoms with E-state index in [-0.39, 0.29) is 118 Å². The lowest BCUT2D eigenvalue weighted by Crippen LogP contribution is -2.51. The molecule has 6 aromatic carbocycles. The highest BCUT2D eigenvalue weighted by Gasteiger charge is 2.52. The molecule has 0 bridgehead atoms. The Kier molecular flexibility index (Phi) is 29.2. The summed E-state index contributed by atoms with van der Waals surface area (Å²) >= 11 is 0. The molecule has 0 saturated carbocycles. The molecule has 18 rings (SSSR count). The summed E-state index contributed by atoms with van der Waals surface area (Å²) in [6.07, 6.45) is 6.50. The quantitative estimate of drug-likeness (QED) is 0.0443. The third-order valence-corrected chi connectivity index (χ3v) is 24.6. The van der Waals surface area contributed by atoms with Gasteiger partial charge in [-0.2, -0.15) is 0 Å². The Balaban J connectivity index is 0.000000138. The molecule has 33 heteroatoms. The molecule has 0 aromatic heterocycles. The average Bonchev–Trinajstić information content (AvgIpc) is 1.58. The predicted octanol–water partition coefficient (Wildman–Crippen LogP) is 12.3. The zero-order valence-corrected chi connectivity index (χ0v) is 78.1. The first-order chi connectivity index (χ1) is 64.4. The number of carbonyl (C=O) groups excluding carboxylic acids is 18. The van der Waals surface area contributed by atoms with E-state index in [1.807, 2.05) is 87.4 Å². The van der Waals surface area contributed by atoms with Crippen molar-refractivity contribution < 1.29 is 95.8 Å². The maximum atomic E-state index is 12.8. The third-order valence-electron chi connectivity index (χ3n) is 24.6. The van der Waals surface area contributed by atoms with Crippen LogP contribution >= 0.6 is 0 Å². The Hall–Kier alpha value is -15.2. The minimum absolute atomic E-state index is 0.0357. The molecule has 7 N–H and O–H groups in total. The van der Waals surface area contributed by atoms with Crippen molar-refractivity contribution in [1.29, 1.82) is 0 Å². The summed E-state index contributed by atoms with van der Waals surface area (Å²) in [5, 5.41) is 18.9. The molecule has 18 amide bonds. The number of fused-ring (bicyclic) bond motifs is 6. The zero-order chi connectivity index (χ0) is 98.9. The molecule has 136 heavy (non-hydrogen) atoms. The predicted molar refractivity (Wildman–Crippen MR) is 500 cm³/mol. The summed E-state index contributed by atoms with van der Waals surface area (Å²) in [7, 11) is 0. The number of hydrogen-bond donors (Lipinski definition) is 7. The van der Waals surface area contributed by atoms with Gasteiger partial charge in [-0.1, -0.05) is 117 Å². The summed E-state index contributed by atoms with van der Waals surface area (Å²) in [6, 6.07) is 26.3. The van der Waals surface area contributed by atoms with Gasteiger partial charge >= 0.3 is 0 Å². The maximum absolute atomic E-state index is 12.8. The Labute approximate surface area is 787 Å². The Morgan fingerprint density at radius 2 is 0.618 bits per heavy atom.